The highest BCUT2D eigenvalue weighted by Crippen LogP contribution is 2.24. The van der Waals surface area contributed by atoms with Gasteiger partial charge < -0.3 is 10.1 Å². The minimum Gasteiger partial charge on any atom is -0.496 e. The van der Waals surface area contributed by atoms with Crippen LogP contribution in [-0.4, -0.2) is 13.0 Å². The van der Waals surface area contributed by atoms with Gasteiger partial charge in [0.1, 0.15) is 5.75 Å². The van der Waals surface area contributed by atoms with Crippen molar-refractivity contribution in [2.24, 2.45) is 0 Å². The number of benzene rings is 2. The van der Waals surface area contributed by atoms with Gasteiger partial charge >= 0.3 is 0 Å². The molecule has 1 N–H and O–H groups in total. The lowest BCUT2D eigenvalue weighted by atomic mass is 10.1. The van der Waals surface area contributed by atoms with Crippen LogP contribution in [0.5, 0.6) is 5.75 Å². The van der Waals surface area contributed by atoms with Crippen molar-refractivity contribution in [1.82, 2.24) is 5.32 Å². The summed E-state index contributed by atoms with van der Waals surface area (Å²) in [5, 5.41) is 3.65. The molecular weight excluding hydrogens is 286 g/mol. The van der Waals surface area contributed by atoms with E-state index in [2.05, 4.69) is 5.32 Å². The molecule has 1 atom stereocenters. The first kappa shape index (κ1) is 15.4. The van der Waals surface area contributed by atoms with Gasteiger partial charge in [0, 0.05) is 10.6 Å². The maximum Gasteiger partial charge on any atom is 0.224 e. The number of hydrogen-bond acceptors (Lipinski definition) is 2. The largest absolute Gasteiger partial charge is 0.496 e. The molecule has 21 heavy (non-hydrogen) atoms. The van der Waals surface area contributed by atoms with E-state index in [1.165, 1.54) is 0 Å². The van der Waals surface area contributed by atoms with Gasteiger partial charge in [-0.15, -0.1) is 0 Å². The molecule has 0 heterocycles. The molecule has 0 saturated carbocycles. The summed E-state index contributed by atoms with van der Waals surface area (Å²) in [6, 6.07) is 14.8. The Hall–Kier alpha value is -2.00. The third-order valence-corrected chi connectivity index (χ3v) is 3.51. The number of nitrogens with one attached hydrogen (secondary N) is 1. The van der Waals surface area contributed by atoms with Crippen LogP contribution in [-0.2, 0) is 11.2 Å². The second-order valence-electron chi connectivity index (χ2n) is 4.83. The molecule has 3 nitrogen and oxygen atoms in total. The predicted molar refractivity (Wildman–Crippen MR) is 84.7 cm³/mol. The lowest BCUT2D eigenvalue weighted by Gasteiger charge is -2.17. The van der Waals surface area contributed by atoms with Crippen molar-refractivity contribution >= 4 is 17.5 Å². The summed E-state index contributed by atoms with van der Waals surface area (Å²) in [4.78, 5) is 12.1. The molecule has 0 aromatic heterocycles. The van der Waals surface area contributed by atoms with E-state index in [9.17, 15) is 4.79 Å². The third kappa shape index (κ3) is 4.23. The van der Waals surface area contributed by atoms with Gasteiger partial charge in [0.05, 0.1) is 19.6 Å². The van der Waals surface area contributed by atoms with Crippen LogP contribution in [0.3, 0.4) is 0 Å². The number of para-hydroxylation sites is 1. The van der Waals surface area contributed by atoms with E-state index in [-0.39, 0.29) is 11.9 Å². The number of ether oxygens (including phenoxy) is 1. The Bertz CT molecular complexity index is 610. The Kier molecular flexibility index (Phi) is 5.23. The van der Waals surface area contributed by atoms with Crippen molar-refractivity contribution < 1.29 is 9.53 Å². The van der Waals surface area contributed by atoms with E-state index in [1.807, 2.05) is 43.3 Å². The molecule has 1 amide bonds. The van der Waals surface area contributed by atoms with E-state index >= 15 is 0 Å². The van der Waals surface area contributed by atoms with Crippen LogP contribution < -0.4 is 10.1 Å². The number of methoxy groups -OCH3 is 1. The van der Waals surface area contributed by atoms with Crippen LogP contribution in [0.4, 0.5) is 0 Å². The Balaban J connectivity index is 2.00. The maximum atomic E-state index is 12.1. The van der Waals surface area contributed by atoms with E-state index in [1.54, 1.807) is 19.2 Å². The van der Waals surface area contributed by atoms with Gasteiger partial charge in [0.2, 0.25) is 5.91 Å². The van der Waals surface area contributed by atoms with E-state index in [0.717, 1.165) is 16.9 Å². The Morgan fingerprint density at radius 1 is 1.19 bits per heavy atom. The summed E-state index contributed by atoms with van der Waals surface area (Å²) in [5.74, 6) is 0.743. The normalized spacial score (nSPS) is 11.8. The van der Waals surface area contributed by atoms with Gasteiger partial charge in [-0.05, 0) is 30.7 Å². The molecule has 0 bridgehead atoms. The van der Waals surface area contributed by atoms with Gasteiger partial charge in [-0.25, -0.2) is 0 Å². The topological polar surface area (TPSA) is 38.3 Å². The van der Waals surface area contributed by atoms with Gasteiger partial charge in [0.25, 0.3) is 0 Å². The second-order valence-corrected chi connectivity index (χ2v) is 5.27. The van der Waals surface area contributed by atoms with Crippen molar-refractivity contribution in [3.8, 4) is 5.75 Å². The van der Waals surface area contributed by atoms with Crippen LogP contribution in [0.15, 0.2) is 48.5 Å². The molecule has 0 aliphatic heterocycles. The number of amides is 1. The second kappa shape index (κ2) is 7.14. The Morgan fingerprint density at radius 3 is 2.52 bits per heavy atom. The fraction of sp³-hybridized carbons (Fsp3) is 0.235. The van der Waals surface area contributed by atoms with Crippen molar-refractivity contribution in [2.45, 2.75) is 19.4 Å². The molecule has 0 radical (unpaired) electrons. The number of halogens is 1. The standard InChI is InChI=1S/C17H18ClNO2/c1-12(15-5-3-4-6-16(15)21-2)19-17(20)11-13-7-9-14(18)10-8-13/h3-10,12H,11H2,1-2H3,(H,19,20)/t12-/m0/s1. The molecule has 0 aliphatic carbocycles. The molecule has 0 aliphatic rings. The van der Waals surface area contributed by atoms with Crippen LogP contribution in [0.1, 0.15) is 24.1 Å². The highest BCUT2D eigenvalue weighted by atomic mass is 35.5. The van der Waals surface area contributed by atoms with Crippen LogP contribution in [0, 0.1) is 0 Å². The van der Waals surface area contributed by atoms with Crippen molar-refractivity contribution in [3.05, 3.63) is 64.7 Å². The zero-order valence-electron chi connectivity index (χ0n) is 12.1. The lowest BCUT2D eigenvalue weighted by Crippen LogP contribution is -2.28. The van der Waals surface area contributed by atoms with Gasteiger partial charge in [0.15, 0.2) is 0 Å². The first-order valence-electron chi connectivity index (χ1n) is 6.77. The monoisotopic (exact) mass is 303 g/mol. The van der Waals surface area contributed by atoms with Crippen LogP contribution in [0.25, 0.3) is 0 Å². The summed E-state index contributed by atoms with van der Waals surface area (Å²) < 4.78 is 5.31. The highest BCUT2D eigenvalue weighted by molar-refractivity contribution is 6.30. The fourth-order valence-electron chi connectivity index (χ4n) is 2.18. The third-order valence-electron chi connectivity index (χ3n) is 3.26. The van der Waals surface area contributed by atoms with E-state index in [4.69, 9.17) is 16.3 Å². The average molecular weight is 304 g/mol. The van der Waals surface area contributed by atoms with Gasteiger partial charge in [-0.2, -0.15) is 0 Å². The van der Waals surface area contributed by atoms with Crippen LogP contribution in [0.2, 0.25) is 5.02 Å². The first-order valence-corrected chi connectivity index (χ1v) is 7.14. The Labute approximate surface area is 129 Å². The summed E-state index contributed by atoms with van der Waals surface area (Å²) in [6.45, 7) is 1.94. The molecule has 0 unspecified atom stereocenters. The quantitative estimate of drug-likeness (QED) is 0.913. The molecular formula is C17H18ClNO2. The molecule has 2 rings (SSSR count). The fourth-order valence-corrected chi connectivity index (χ4v) is 2.31. The highest BCUT2D eigenvalue weighted by Gasteiger charge is 2.13. The van der Waals surface area contributed by atoms with Crippen molar-refractivity contribution in [3.63, 3.8) is 0 Å². The lowest BCUT2D eigenvalue weighted by molar-refractivity contribution is -0.121. The predicted octanol–water partition coefficient (Wildman–Crippen LogP) is 3.77. The van der Waals surface area contributed by atoms with E-state index < -0.39 is 0 Å². The minimum atomic E-state index is -0.110. The average Bonchev–Trinajstić information content (AvgIpc) is 2.49. The Morgan fingerprint density at radius 2 is 1.86 bits per heavy atom. The van der Waals surface area contributed by atoms with Crippen LogP contribution >= 0.6 is 11.6 Å². The first-order chi connectivity index (χ1) is 10.1. The number of carbonyl (C=O) groups is 1. The maximum absolute atomic E-state index is 12.1. The molecule has 2 aromatic carbocycles. The van der Waals surface area contributed by atoms with Gasteiger partial charge in [-0.3, -0.25) is 4.79 Å². The zero-order chi connectivity index (χ0) is 15.2. The number of carbonyl (C=O) groups excluding carboxylic acids is 1. The molecule has 0 fully saturated rings. The molecule has 4 heteroatoms. The summed E-state index contributed by atoms with van der Waals surface area (Å²) in [5.41, 5.74) is 1.90. The molecule has 2 aromatic rings. The van der Waals surface area contributed by atoms with E-state index in [0.29, 0.717) is 11.4 Å². The molecule has 0 spiro atoms. The molecule has 110 valence electrons. The van der Waals surface area contributed by atoms with Crippen molar-refractivity contribution in [1.29, 1.82) is 0 Å². The molecule has 0 saturated heterocycles. The SMILES string of the molecule is COc1ccccc1[C@H](C)NC(=O)Cc1ccc(Cl)cc1. The number of rotatable bonds is 5. The summed E-state index contributed by atoms with van der Waals surface area (Å²) in [7, 11) is 1.63. The zero-order valence-corrected chi connectivity index (χ0v) is 12.9. The summed E-state index contributed by atoms with van der Waals surface area (Å²) in [6.07, 6.45) is 0.330. The van der Waals surface area contributed by atoms with Gasteiger partial charge in [-0.1, -0.05) is 41.9 Å². The van der Waals surface area contributed by atoms with Crippen molar-refractivity contribution in [2.75, 3.05) is 7.11 Å². The smallest absolute Gasteiger partial charge is 0.224 e. The summed E-state index contributed by atoms with van der Waals surface area (Å²) >= 11 is 5.83. The number of hydrogen-bond donors (Lipinski definition) is 1. The minimum absolute atomic E-state index is 0.0317.